The van der Waals surface area contributed by atoms with Crippen molar-refractivity contribution in [1.29, 1.82) is 0 Å². The lowest BCUT2D eigenvalue weighted by Gasteiger charge is -2.42. The molecule has 3 heterocycles. The van der Waals surface area contributed by atoms with Gasteiger partial charge in [-0.25, -0.2) is 0 Å². The van der Waals surface area contributed by atoms with Crippen molar-refractivity contribution in [2.24, 2.45) is 0 Å². The summed E-state index contributed by atoms with van der Waals surface area (Å²) in [6, 6.07) is 56.6. The third-order valence-electron chi connectivity index (χ3n) is 13.2. The standard InChI is InChI=1S/C53H39N3/c1-52(2)44-20-12-13-21-48(44)55(32-14-6-5-7-15-32)49-25-22-33(28-46(49)52)56-47-26-27-54-31-43(47)39-24-23-38-42-29-40-36-18-10-8-16-34(36)35-17-9-11-19-37(35)41(40)30-45(42)53(3,4)50(38)51(39)56/h5-31H,1-4H3. The zero-order valence-electron chi connectivity index (χ0n) is 31.9. The Bertz CT molecular complexity index is 3310. The molecule has 1 aliphatic heterocycles. The molecule has 0 atom stereocenters. The second-order valence-electron chi connectivity index (χ2n) is 16.8. The molecule has 0 spiro atoms. The van der Waals surface area contributed by atoms with Crippen LogP contribution in [0.2, 0.25) is 0 Å². The number of hydrogen-bond acceptors (Lipinski definition) is 2. The van der Waals surface area contributed by atoms with Gasteiger partial charge in [0.1, 0.15) is 0 Å². The molecular weight excluding hydrogens is 679 g/mol. The Morgan fingerprint density at radius 1 is 0.429 bits per heavy atom. The number of para-hydroxylation sites is 2. The van der Waals surface area contributed by atoms with Crippen LogP contribution in [-0.2, 0) is 10.8 Å². The third kappa shape index (κ3) is 3.99. The highest BCUT2D eigenvalue weighted by Crippen LogP contribution is 2.56. The number of pyridine rings is 1. The van der Waals surface area contributed by atoms with Gasteiger partial charge >= 0.3 is 0 Å². The zero-order valence-corrected chi connectivity index (χ0v) is 31.9. The molecule has 0 radical (unpaired) electrons. The Balaban J connectivity index is 1.15. The molecule has 0 N–H and O–H groups in total. The van der Waals surface area contributed by atoms with Crippen LogP contribution < -0.4 is 4.90 Å². The van der Waals surface area contributed by atoms with Crippen LogP contribution >= 0.6 is 0 Å². The summed E-state index contributed by atoms with van der Waals surface area (Å²) in [5, 5.41) is 10.3. The van der Waals surface area contributed by atoms with Crippen LogP contribution in [-0.4, -0.2) is 9.55 Å². The van der Waals surface area contributed by atoms with Gasteiger partial charge < -0.3 is 9.47 Å². The van der Waals surface area contributed by atoms with E-state index in [1.807, 2.05) is 6.20 Å². The van der Waals surface area contributed by atoms with Crippen molar-refractivity contribution in [2.45, 2.75) is 38.5 Å². The maximum atomic E-state index is 4.68. The second-order valence-corrected chi connectivity index (χ2v) is 16.8. The molecular formula is C53H39N3. The Morgan fingerprint density at radius 3 is 1.82 bits per heavy atom. The number of hydrogen-bond donors (Lipinski definition) is 0. The van der Waals surface area contributed by atoms with Gasteiger partial charge in [0.25, 0.3) is 0 Å². The van der Waals surface area contributed by atoms with Gasteiger partial charge in [-0.3, -0.25) is 4.98 Å². The normalized spacial score (nSPS) is 15.0. The van der Waals surface area contributed by atoms with Crippen LogP contribution in [0, 0.1) is 0 Å². The fourth-order valence-corrected chi connectivity index (χ4v) is 10.6. The molecule has 0 fully saturated rings. The summed E-state index contributed by atoms with van der Waals surface area (Å²) in [5.74, 6) is 0. The predicted octanol–water partition coefficient (Wildman–Crippen LogP) is 14.1. The molecule has 0 amide bonds. The average Bonchev–Trinajstić information content (AvgIpc) is 3.69. The Hall–Kier alpha value is -6.71. The van der Waals surface area contributed by atoms with Gasteiger partial charge in [0.15, 0.2) is 0 Å². The van der Waals surface area contributed by atoms with E-state index in [0.717, 1.165) is 11.4 Å². The molecule has 2 aliphatic rings. The van der Waals surface area contributed by atoms with E-state index in [2.05, 4.69) is 200 Å². The van der Waals surface area contributed by atoms with E-state index in [9.17, 15) is 0 Å². The van der Waals surface area contributed by atoms with Crippen molar-refractivity contribution in [3.8, 4) is 16.8 Å². The van der Waals surface area contributed by atoms with Gasteiger partial charge in [0.05, 0.1) is 22.4 Å². The third-order valence-corrected chi connectivity index (χ3v) is 13.2. The molecule has 10 aromatic rings. The molecule has 0 bridgehead atoms. The van der Waals surface area contributed by atoms with Crippen molar-refractivity contribution in [2.75, 3.05) is 4.90 Å². The summed E-state index contributed by atoms with van der Waals surface area (Å²) in [4.78, 5) is 7.11. The fraction of sp³-hybridized carbons (Fsp3) is 0.113. The first-order chi connectivity index (χ1) is 27.3. The minimum atomic E-state index is -0.263. The van der Waals surface area contributed by atoms with Gasteiger partial charge in [-0.15, -0.1) is 0 Å². The van der Waals surface area contributed by atoms with E-state index in [-0.39, 0.29) is 10.8 Å². The number of benzene rings is 8. The van der Waals surface area contributed by atoms with Crippen LogP contribution in [0.4, 0.5) is 17.1 Å². The number of anilines is 3. The largest absolute Gasteiger partial charge is 0.310 e. The Kier molecular flexibility index (Phi) is 6.19. The number of rotatable bonds is 2. The number of fused-ring (bicyclic) bond motifs is 15. The van der Waals surface area contributed by atoms with Crippen LogP contribution in [0.5, 0.6) is 0 Å². The van der Waals surface area contributed by atoms with Crippen LogP contribution in [0.3, 0.4) is 0 Å². The van der Waals surface area contributed by atoms with Crippen LogP contribution in [0.15, 0.2) is 164 Å². The highest BCUT2D eigenvalue weighted by Gasteiger charge is 2.40. The summed E-state index contributed by atoms with van der Waals surface area (Å²) >= 11 is 0. The minimum Gasteiger partial charge on any atom is -0.310 e. The van der Waals surface area contributed by atoms with Gasteiger partial charge in [0.2, 0.25) is 0 Å². The molecule has 0 saturated carbocycles. The Morgan fingerprint density at radius 2 is 1.07 bits per heavy atom. The Labute approximate surface area is 326 Å². The first kappa shape index (κ1) is 31.6. The first-order valence-electron chi connectivity index (χ1n) is 19.7. The van der Waals surface area contributed by atoms with E-state index in [1.54, 1.807) is 0 Å². The van der Waals surface area contributed by atoms with Crippen molar-refractivity contribution in [3.05, 3.63) is 186 Å². The monoisotopic (exact) mass is 717 g/mol. The number of nitrogens with zero attached hydrogens (tertiary/aromatic N) is 3. The molecule has 12 rings (SSSR count). The van der Waals surface area contributed by atoms with E-state index in [4.69, 9.17) is 0 Å². The fourth-order valence-electron chi connectivity index (χ4n) is 10.6. The quantitative estimate of drug-likeness (QED) is 0.166. The summed E-state index contributed by atoms with van der Waals surface area (Å²) in [6.07, 6.45) is 3.99. The van der Waals surface area contributed by atoms with Crippen molar-refractivity contribution >= 4 is 71.2 Å². The number of aromatic nitrogens is 2. The minimum absolute atomic E-state index is 0.226. The average molecular weight is 718 g/mol. The molecule has 0 unspecified atom stereocenters. The lowest BCUT2D eigenvalue weighted by atomic mass is 9.73. The SMILES string of the molecule is CC1(C)c2ccccc2N(c2ccccc2)c2ccc(-n3c4ccncc4c4ccc5c(c43)C(C)(C)c3cc4c6ccccc6c6ccccc6c4cc3-5)cc21. The zero-order chi connectivity index (χ0) is 37.5. The molecule has 8 aromatic carbocycles. The van der Waals surface area contributed by atoms with Gasteiger partial charge in [-0.2, -0.15) is 0 Å². The van der Waals surface area contributed by atoms with E-state index in [1.165, 1.54) is 98.9 Å². The molecule has 266 valence electrons. The van der Waals surface area contributed by atoms with Gasteiger partial charge in [-0.1, -0.05) is 125 Å². The topological polar surface area (TPSA) is 21.1 Å². The first-order valence-corrected chi connectivity index (χ1v) is 19.7. The van der Waals surface area contributed by atoms with Crippen LogP contribution in [0.25, 0.3) is 70.9 Å². The lowest BCUT2D eigenvalue weighted by molar-refractivity contribution is 0.631. The maximum absolute atomic E-state index is 4.68. The van der Waals surface area contributed by atoms with Crippen molar-refractivity contribution < 1.29 is 0 Å². The summed E-state index contributed by atoms with van der Waals surface area (Å²) < 4.78 is 2.53. The second kappa shape index (κ2) is 11.0. The molecule has 56 heavy (non-hydrogen) atoms. The smallest absolute Gasteiger partial charge is 0.0588 e. The predicted molar refractivity (Wildman–Crippen MR) is 235 cm³/mol. The molecule has 1 aliphatic carbocycles. The van der Waals surface area contributed by atoms with Gasteiger partial charge in [-0.05, 0) is 120 Å². The van der Waals surface area contributed by atoms with E-state index in [0.29, 0.717) is 0 Å². The highest BCUT2D eigenvalue weighted by atomic mass is 15.2. The molecule has 2 aromatic heterocycles. The van der Waals surface area contributed by atoms with Gasteiger partial charge in [0, 0.05) is 45.4 Å². The summed E-state index contributed by atoms with van der Waals surface area (Å²) in [6.45, 7) is 9.61. The van der Waals surface area contributed by atoms with E-state index < -0.39 is 0 Å². The highest BCUT2D eigenvalue weighted by molar-refractivity contribution is 6.26. The maximum Gasteiger partial charge on any atom is 0.0588 e. The van der Waals surface area contributed by atoms with Crippen LogP contribution in [0.1, 0.15) is 49.9 Å². The lowest BCUT2D eigenvalue weighted by Crippen LogP contribution is -2.30. The molecule has 3 heteroatoms. The summed E-state index contributed by atoms with van der Waals surface area (Å²) in [7, 11) is 0. The van der Waals surface area contributed by atoms with E-state index >= 15 is 0 Å². The molecule has 3 nitrogen and oxygen atoms in total. The summed E-state index contributed by atoms with van der Waals surface area (Å²) in [5.41, 5.74) is 14.8. The van der Waals surface area contributed by atoms with Crippen molar-refractivity contribution in [3.63, 3.8) is 0 Å². The van der Waals surface area contributed by atoms with Crippen molar-refractivity contribution in [1.82, 2.24) is 9.55 Å². The molecule has 0 saturated heterocycles.